The maximum atomic E-state index is 13.7. The van der Waals surface area contributed by atoms with Gasteiger partial charge in [0.05, 0.1) is 16.6 Å². The summed E-state index contributed by atoms with van der Waals surface area (Å²) in [5.74, 6) is -1.01. The fourth-order valence-electron chi connectivity index (χ4n) is 2.65. The summed E-state index contributed by atoms with van der Waals surface area (Å²) in [6.07, 6.45) is 4.04. The molecule has 5 nitrogen and oxygen atoms in total. The molecule has 0 radical (unpaired) electrons. The molecule has 21 heavy (non-hydrogen) atoms. The molecule has 1 saturated carbocycles. The summed E-state index contributed by atoms with van der Waals surface area (Å²) in [7, 11) is 0. The van der Waals surface area contributed by atoms with E-state index < -0.39 is 16.6 Å². The van der Waals surface area contributed by atoms with Crippen LogP contribution >= 0.6 is 11.6 Å². The Hall–Kier alpha value is -1.69. The molecule has 1 fully saturated rings. The SMILES string of the molecule is O=C(NCC1(CCl)CCCC1)c1ccc([N+](=O)[O-])cc1F. The number of carbonyl (C=O) groups is 1. The van der Waals surface area contributed by atoms with Gasteiger partial charge in [0.25, 0.3) is 11.6 Å². The monoisotopic (exact) mass is 314 g/mol. The van der Waals surface area contributed by atoms with Crippen LogP contribution in [0.5, 0.6) is 0 Å². The molecule has 0 bridgehead atoms. The lowest BCUT2D eigenvalue weighted by atomic mass is 9.88. The van der Waals surface area contributed by atoms with Gasteiger partial charge in [0.15, 0.2) is 0 Å². The van der Waals surface area contributed by atoms with E-state index in [1.54, 1.807) is 0 Å². The lowest BCUT2D eigenvalue weighted by molar-refractivity contribution is -0.385. The van der Waals surface area contributed by atoms with Crippen molar-refractivity contribution in [3.8, 4) is 0 Å². The third kappa shape index (κ3) is 3.50. The molecule has 1 aliphatic rings. The average molecular weight is 315 g/mol. The van der Waals surface area contributed by atoms with E-state index in [1.165, 1.54) is 0 Å². The first kappa shape index (κ1) is 15.7. The van der Waals surface area contributed by atoms with E-state index in [0.29, 0.717) is 12.4 Å². The van der Waals surface area contributed by atoms with Crippen molar-refractivity contribution in [3.05, 3.63) is 39.7 Å². The number of benzene rings is 1. The molecule has 0 aromatic heterocycles. The van der Waals surface area contributed by atoms with Gasteiger partial charge in [0, 0.05) is 23.9 Å². The maximum Gasteiger partial charge on any atom is 0.272 e. The topological polar surface area (TPSA) is 72.2 Å². The van der Waals surface area contributed by atoms with Gasteiger partial charge in [-0.3, -0.25) is 14.9 Å². The van der Waals surface area contributed by atoms with Gasteiger partial charge in [-0.1, -0.05) is 12.8 Å². The minimum atomic E-state index is -0.895. The van der Waals surface area contributed by atoms with E-state index in [-0.39, 0.29) is 16.7 Å². The van der Waals surface area contributed by atoms with E-state index in [2.05, 4.69) is 5.32 Å². The van der Waals surface area contributed by atoms with Crippen molar-refractivity contribution >= 4 is 23.2 Å². The van der Waals surface area contributed by atoms with Crippen LogP contribution in [0.15, 0.2) is 18.2 Å². The predicted octanol–water partition coefficient (Wildman–Crippen LogP) is 3.26. The Bertz CT molecular complexity index is 559. The summed E-state index contributed by atoms with van der Waals surface area (Å²) in [5.41, 5.74) is -0.686. The third-order valence-corrected chi connectivity index (χ3v) is 4.55. The summed E-state index contributed by atoms with van der Waals surface area (Å²) < 4.78 is 13.7. The highest BCUT2D eigenvalue weighted by Gasteiger charge is 2.33. The Morgan fingerprint density at radius 1 is 1.43 bits per heavy atom. The van der Waals surface area contributed by atoms with Gasteiger partial charge in [-0.2, -0.15) is 0 Å². The van der Waals surface area contributed by atoms with E-state index in [0.717, 1.165) is 43.9 Å². The van der Waals surface area contributed by atoms with Gasteiger partial charge in [-0.25, -0.2) is 4.39 Å². The van der Waals surface area contributed by atoms with Crippen LogP contribution in [0.25, 0.3) is 0 Å². The molecule has 1 aromatic rings. The van der Waals surface area contributed by atoms with Crippen LogP contribution in [0.1, 0.15) is 36.0 Å². The van der Waals surface area contributed by atoms with Crippen LogP contribution in [0.4, 0.5) is 10.1 Å². The third-order valence-electron chi connectivity index (χ3n) is 3.98. The fraction of sp³-hybridized carbons (Fsp3) is 0.500. The highest BCUT2D eigenvalue weighted by molar-refractivity contribution is 6.18. The molecule has 0 saturated heterocycles. The predicted molar refractivity (Wildman–Crippen MR) is 77.0 cm³/mol. The smallest absolute Gasteiger partial charge is 0.272 e. The second-order valence-corrected chi connectivity index (χ2v) is 5.71. The van der Waals surface area contributed by atoms with Crippen molar-refractivity contribution in [1.29, 1.82) is 0 Å². The van der Waals surface area contributed by atoms with E-state index in [1.807, 2.05) is 0 Å². The summed E-state index contributed by atoms with van der Waals surface area (Å²) in [6.45, 7) is 0.395. The van der Waals surface area contributed by atoms with Crippen LogP contribution in [0, 0.1) is 21.3 Å². The molecular weight excluding hydrogens is 299 g/mol. The Morgan fingerprint density at radius 2 is 2.10 bits per heavy atom. The molecule has 1 amide bonds. The van der Waals surface area contributed by atoms with Crippen LogP contribution in [-0.2, 0) is 0 Å². The number of nitrogens with one attached hydrogen (secondary N) is 1. The van der Waals surface area contributed by atoms with E-state index in [4.69, 9.17) is 11.6 Å². The normalized spacial score (nSPS) is 16.7. The first-order valence-corrected chi connectivity index (χ1v) is 7.29. The molecule has 0 unspecified atom stereocenters. The van der Waals surface area contributed by atoms with E-state index in [9.17, 15) is 19.3 Å². The molecule has 2 rings (SSSR count). The minimum Gasteiger partial charge on any atom is -0.351 e. The zero-order chi connectivity index (χ0) is 15.5. The second kappa shape index (κ2) is 6.39. The molecule has 1 aliphatic carbocycles. The quantitative estimate of drug-likeness (QED) is 0.515. The first-order valence-electron chi connectivity index (χ1n) is 6.75. The van der Waals surface area contributed by atoms with Crippen molar-refractivity contribution in [1.82, 2.24) is 5.32 Å². The molecule has 7 heteroatoms. The Kier molecular flexibility index (Phi) is 4.77. The lowest BCUT2D eigenvalue weighted by Gasteiger charge is -2.26. The van der Waals surface area contributed by atoms with Gasteiger partial charge in [0.2, 0.25) is 0 Å². The van der Waals surface area contributed by atoms with Crippen molar-refractivity contribution in [3.63, 3.8) is 0 Å². The first-order chi connectivity index (χ1) is 9.97. The van der Waals surface area contributed by atoms with Gasteiger partial charge in [0.1, 0.15) is 5.82 Å². The largest absolute Gasteiger partial charge is 0.351 e. The zero-order valence-electron chi connectivity index (χ0n) is 11.4. The minimum absolute atomic E-state index is 0.117. The number of halogens is 2. The van der Waals surface area contributed by atoms with Crippen LogP contribution in [-0.4, -0.2) is 23.3 Å². The number of amides is 1. The van der Waals surface area contributed by atoms with Crippen LogP contribution < -0.4 is 5.32 Å². The molecule has 0 aliphatic heterocycles. The molecular formula is C14H16ClFN2O3. The molecule has 1 N–H and O–H groups in total. The number of hydrogen-bond acceptors (Lipinski definition) is 3. The number of hydrogen-bond donors (Lipinski definition) is 1. The highest BCUT2D eigenvalue weighted by atomic mass is 35.5. The van der Waals surface area contributed by atoms with Crippen molar-refractivity contribution in [2.24, 2.45) is 5.41 Å². The summed E-state index contributed by atoms with van der Waals surface area (Å²) in [4.78, 5) is 21.8. The number of nitro benzene ring substituents is 1. The maximum absolute atomic E-state index is 13.7. The number of nitrogens with zero attached hydrogens (tertiary/aromatic N) is 1. The number of non-ortho nitro benzene ring substituents is 1. The van der Waals surface area contributed by atoms with Crippen molar-refractivity contribution in [2.45, 2.75) is 25.7 Å². The van der Waals surface area contributed by atoms with Crippen LogP contribution in [0.3, 0.4) is 0 Å². The Labute approximate surface area is 126 Å². The second-order valence-electron chi connectivity index (χ2n) is 5.44. The molecule has 0 spiro atoms. The summed E-state index contributed by atoms with van der Waals surface area (Å²) in [6, 6.07) is 3.00. The van der Waals surface area contributed by atoms with Gasteiger partial charge < -0.3 is 5.32 Å². The summed E-state index contributed by atoms with van der Waals surface area (Å²) >= 11 is 5.98. The fourth-order valence-corrected chi connectivity index (χ4v) is 3.01. The molecule has 0 heterocycles. The average Bonchev–Trinajstić information content (AvgIpc) is 2.94. The summed E-state index contributed by atoms with van der Waals surface area (Å²) in [5, 5.41) is 13.2. The number of rotatable bonds is 5. The number of alkyl halides is 1. The molecule has 1 aromatic carbocycles. The number of nitro groups is 1. The highest BCUT2D eigenvalue weighted by Crippen LogP contribution is 2.38. The van der Waals surface area contributed by atoms with Crippen molar-refractivity contribution < 1.29 is 14.1 Å². The van der Waals surface area contributed by atoms with E-state index >= 15 is 0 Å². The zero-order valence-corrected chi connectivity index (χ0v) is 12.2. The van der Waals surface area contributed by atoms with Gasteiger partial charge in [-0.15, -0.1) is 11.6 Å². The lowest BCUT2D eigenvalue weighted by Crippen LogP contribution is -2.37. The van der Waals surface area contributed by atoms with Crippen molar-refractivity contribution in [2.75, 3.05) is 12.4 Å². The Morgan fingerprint density at radius 3 is 2.62 bits per heavy atom. The molecule has 114 valence electrons. The van der Waals surface area contributed by atoms with Gasteiger partial charge in [-0.05, 0) is 18.9 Å². The van der Waals surface area contributed by atoms with Crippen LogP contribution in [0.2, 0.25) is 0 Å². The Balaban J connectivity index is 2.05. The number of carbonyl (C=O) groups excluding carboxylic acids is 1. The van der Waals surface area contributed by atoms with Gasteiger partial charge >= 0.3 is 0 Å². The molecule has 0 atom stereocenters. The standard InChI is InChI=1S/C14H16ClFN2O3/c15-8-14(5-1-2-6-14)9-17-13(19)11-4-3-10(18(20)21)7-12(11)16/h3-4,7H,1-2,5-6,8-9H2,(H,17,19).